The normalized spacial score (nSPS) is 12.1. The van der Waals surface area contributed by atoms with Crippen LogP contribution in [0.1, 0.15) is 0 Å². The van der Waals surface area contributed by atoms with Crippen LogP contribution in [0.5, 0.6) is 0 Å². The van der Waals surface area contributed by atoms with E-state index in [1.807, 2.05) is 22.7 Å². The molecule has 0 radical (unpaired) electrons. The summed E-state index contributed by atoms with van der Waals surface area (Å²) in [4.78, 5) is 9.68. The maximum atomic E-state index is 6.66. The van der Waals surface area contributed by atoms with Crippen LogP contribution in [0.4, 0.5) is 0 Å². The average molecular weight is 776 g/mol. The minimum atomic E-state index is 0.688. The van der Waals surface area contributed by atoms with Gasteiger partial charge in [0, 0.05) is 67.8 Å². The molecular formula is C52H29N3OS2. The second-order valence-electron chi connectivity index (χ2n) is 14.9. The molecule has 13 aromatic rings. The maximum Gasteiger partial charge on any atom is 0.180 e. The van der Waals surface area contributed by atoms with Gasteiger partial charge in [-0.3, -0.25) is 0 Å². The summed E-state index contributed by atoms with van der Waals surface area (Å²) in [6, 6.07) is 61.2. The van der Waals surface area contributed by atoms with Gasteiger partial charge in [0.1, 0.15) is 23.1 Å². The Morgan fingerprint density at radius 2 is 1.14 bits per heavy atom. The monoisotopic (exact) mass is 775 g/mol. The molecule has 13 rings (SSSR count). The van der Waals surface area contributed by atoms with Gasteiger partial charge in [0.15, 0.2) is 5.58 Å². The molecule has 4 nitrogen and oxygen atoms in total. The smallest absolute Gasteiger partial charge is 0.180 e. The van der Waals surface area contributed by atoms with E-state index in [9.17, 15) is 0 Å². The van der Waals surface area contributed by atoms with Gasteiger partial charge in [-0.1, -0.05) is 127 Å². The minimum absolute atomic E-state index is 0.688. The Bertz CT molecular complexity index is 3810. The first kappa shape index (κ1) is 32.0. The summed E-state index contributed by atoms with van der Waals surface area (Å²) in [5.74, 6) is 0. The van der Waals surface area contributed by atoms with Crippen LogP contribution in [0.2, 0.25) is 0 Å². The number of hydrogen-bond acceptors (Lipinski definition) is 5. The third-order valence-corrected chi connectivity index (χ3v) is 14.2. The molecule has 270 valence electrons. The quantitative estimate of drug-likeness (QED) is 0.179. The number of fused-ring (bicyclic) bond motifs is 13. The van der Waals surface area contributed by atoms with E-state index in [1.165, 1.54) is 78.8 Å². The lowest BCUT2D eigenvalue weighted by Crippen LogP contribution is -1.93. The predicted molar refractivity (Wildman–Crippen MR) is 246 cm³/mol. The molecule has 0 saturated heterocycles. The zero-order chi connectivity index (χ0) is 37.9. The van der Waals surface area contributed by atoms with E-state index < -0.39 is 0 Å². The Kier molecular flexibility index (Phi) is 6.73. The topological polar surface area (TPSA) is 43.9 Å². The van der Waals surface area contributed by atoms with Gasteiger partial charge < -0.3 is 8.98 Å². The van der Waals surface area contributed by atoms with Gasteiger partial charge in [-0.25, -0.2) is 9.97 Å². The summed E-state index contributed by atoms with van der Waals surface area (Å²) >= 11 is 3.74. The molecule has 0 spiro atoms. The van der Waals surface area contributed by atoms with Gasteiger partial charge in [0.25, 0.3) is 0 Å². The number of nitrogens with zero attached hydrogens (tertiary/aromatic N) is 3. The van der Waals surface area contributed by atoms with Crippen molar-refractivity contribution in [3.63, 3.8) is 0 Å². The standard InChI is InChI=1S/C52H29N3OS2/c1-2-11-30(12-3-1)34-17-9-19-37-38-20-10-18-35(51(38)58-50(34)37)31-13-8-14-32(27-31)47-49-48(54-29-53-47)41-28-33(23-26-44(41)56-49)55-42-21-6-4-16-40(42)46-43(55)25-24-39-36-15-5-7-22-45(36)57-52(39)46/h1-29H. The van der Waals surface area contributed by atoms with Crippen LogP contribution in [-0.4, -0.2) is 14.5 Å². The van der Waals surface area contributed by atoms with Gasteiger partial charge in [-0.2, -0.15) is 0 Å². The molecule has 0 bridgehead atoms. The molecule has 0 aliphatic carbocycles. The number of furan rings is 1. The van der Waals surface area contributed by atoms with Crippen LogP contribution < -0.4 is 0 Å². The SMILES string of the molecule is c1ccc(-c2cccc3c2sc2c(-c4cccc(-c5ncnc6c5oc5ccc(-n7c8ccccc8c8c9sc%10ccccc%10c9ccc87)cc56)c4)cccc23)cc1. The number of thiophene rings is 2. The molecule has 0 amide bonds. The molecule has 6 heteroatoms. The number of rotatable bonds is 4. The summed E-state index contributed by atoms with van der Waals surface area (Å²) in [6.07, 6.45) is 1.67. The maximum absolute atomic E-state index is 6.66. The fourth-order valence-corrected chi connectivity index (χ4v) is 11.8. The summed E-state index contributed by atoms with van der Waals surface area (Å²) < 4.78 is 14.3. The van der Waals surface area contributed by atoms with Crippen LogP contribution in [0.15, 0.2) is 181 Å². The second-order valence-corrected chi connectivity index (χ2v) is 17.0. The largest absolute Gasteiger partial charge is 0.452 e. The fraction of sp³-hybridized carbons (Fsp3) is 0. The van der Waals surface area contributed by atoms with E-state index in [-0.39, 0.29) is 0 Å². The number of para-hydroxylation sites is 1. The highest BCUT2D eigenvalue weighted by atomic mass is 32.1. The van der Waals surface area contributed by atoms with Gasteiger partial charge in [0.2, 0.25) is 0 Å². The number of hydrogen-bond donors (Lipinski definition) is 0. The molecule has 5 heterocycles. The lowest BCUT2D eigenvalue weighted by atomic mass is 9.98. The van der Waals surface area contributed by atoms with Crippen molar-refractivity contribution < 1.29 is 4.42 Å². The van der Waals surface area contributed by atoms with Crippen molar-refractivity contribution in [1.82, 2.24) is 14.5 Å². The molecular weight excluding hydrogens is 747 g/mol. The van der Waals surface area contributed by atoms with Crippen LogP contribution in [0.25, 0.3) is 123 Å². The highest BCUT2D eigenvalue weighted by Gasteiger charge is 2.21. The molecule has 8 aromatic carbocycles. The summed E-state index contributed by atoms with van der Waals surface area (Å²) in [6.45, 7) is 0. The summed E-state index contributed by atoms with van der Waals surface area (Å²) in [5.41, 5.74) is 12.3. The average Bonchev–Trinajstić information content (AvgIpc) is 4.05. The van der Waals surface area contributed by atoms with Crippen LogP contribution in [0.3, 0.4) is 0 Å². The van der Waals surface area contributed by atoms with E-state index in [4.69, 9.17) is 14.4 Å². The first-order chi connectivity index (χ1) is 28.8. The van der Waals surface area contributed by atoms with Crippen molar-refractivity contribution in [3.05, 3.63) is 176 Å². The Morgan fingerprint density at radius 3 is 2.00 bits per heavy atom. The number of aromatic nitrogens is 3. The highest BCUT2D eigenvalue weighted by molar-refractivity contribution is 7.27. The Morgan fingerprint density at radius 1 is 0.448 bits per heavy atom. The van der Waals surface area contributed by atoms with Gasteiger partial charge in [0.05, 0.1) is 11.0 Å². The van der Waals surface area contributed by atoms with E-state index in [1.54, 1.807) is 6.33 Å². The van der Waals surface area contributed by atoms with E-state index in [0.717, 1.165) is 39.0 Å². The van der Waals surface area contributed by atoms with Crippen molar-refractivity contribution in [2.75, 3.05) is 0 Å². The predicted octanol–water partition coefficient (Wildman–Crippen LogP) is 15.2. The van der Waals surface area contributed by atoms with Gasteiger partial charge in [-0.05, 0) is 64.7 Å². The Labute approximate surface area is 339 Å². The van der Waals surface area contributed by atoms with Crippen LogP contribution in [0, 0.1) is 0 Å². The van der Waals surface area contributed by atoms with Gasteiger partial charge in [-0.15, -0.1) is 22.7 Å². The lowest BCUT2D eigenvalue weighted by Gasteiger charge is -2.08. The van der Waals surface area contributed by atoms with E-state index in [2.05, 4.69) is 174 Å². The zero-order valence-electron chi connectivity index (χ0n) is 30.8. The molecule has 0 unspecified atom stereocenters. The molecule has 0 atom stereocenters. The highest BCUT2D eigenvalue weighted by Crippen LogP contribution is 2.46. The van der Waals surface area contributed by atoms with Crippen molar-refractivity contribution in [3.8, 4) is 39.2 Å². The molecule has 0 N–H and O–H groups in total. The molecule has 0 aliphatic rings. The van der Waals surface area contributed by atoms with Gasteiger partial charge >= 0.3 is 0 Å². The van der Waals surface area contributed by atoms with Crippen LogP contribution in [-0.2, 0) is 0 Å². The Hall–Kier alpha value is -7.12. The molecule has 0 fully saturated rings. The van der Waals surface area contributed by atoms with Crippen molar-refractivity contribution in [1.29, 1.82) is 0 Å². The van der Waals surface area contributed by atoms with Crippen molar-refractivity contribution in [2.45, 2.75) is 0 Å². The first-order valence-corrected chi connectivity index (χ1v) is 21.0. The third-order valence-electron chi connectivity index (χ3n) is 11.7. The second kappa shape index (κ2) is 12.2. The molecule has 5 aromatic heterocycles. The van der Waals surface area contributed by atoms with Crippen LogP contribution >= 0.6 is 22.7 Å². The molecule has 0 saturated carbocycles. The minimum Gasteiger partial charge on any atom is -0.452 e. The molecule has 0 aliphatic heterocycles. The van der Waals surface area contributed by atoms with Crippen molar-refractivity contribution >= 4 is 107 Å². The van der Waals surface area contributed by atoms with E-state index >= 15 is 0 Å². The fourth-order valence-electron chi connectivity index (χ4n) is 9.15. The molecule has 58 heavy (non-hydrogen) atoms. The Balaban J connectivity index is 0.956. The first-order valence-electron chi connectivity index (χ1n) is 19.4. The summed E-state index contributed by atoms with van der Waals surface area (Å²) in [7, 11) is 0. The third kappa shape index (κ3) is 4.55. The van der Waals surface area contributed by atoms with Crippen molar-refractivity contribution in [2.24, 2.45) is 0 Å². The number of benzene rings is 8. The van der Waals surface area contributed by atoms with E-state index in [0.29, 0.717) is 5.58 Å². The lowest BCUT2D eigenvalue weighted by molar-refractivity contribution is 0.667. The summed E-state index contributed by atoms with van der Waals surface area (Å²) in [5, 5.41) is 8.67. The zero-order valence-corrected chi connectivity index (χ0v) is 32.4.